The van der Waals surface area contributed by atoms with Gasteiger partial charge in [0.05, 0.1) is 18.1 Å². The highest BCUT2D eigenvalue weighted by Gasteiger charge is 2.20. The molecule has 0 aliphatic carbocycles. The number of nitro groups is 1. The van der Waals surface area contributed by atoms with E-state index >= 15 is 0 Å². The number of carbonyl (C=O) groups is 1. The van der Waals surface area contributed by atoms with E-state index in [9.17, 15) is 14.9 Å². The minimum atomic E-state index is -0.764. The zero-order valence-electron chi connectivity index (χ0n) is 8.47. The summed E-state index contributed by atoms with van der Waals surface area (Å²) >= 11 is 5.68. The Kier molecular flexibility index (Phi) is 2.68. The van der Waals surface area contributed by atoms with E-state index in [1.165, 1.54) is 13.2 Å². The summed E-state index contributed by atoms with van der Waals surface area (Å²) in [6.45, 7) is 0. The predicted molar refractivity (Wildman–Crippen MR) is 57.0 cm³/mol. The van der Waals surface area contributed by atoms with Crippen LogP contribution in [0.15, 0.2) is 16.5 Å². The lowest BCUT2D eigenvalue weighted by atomic mass is 10.3. The third-order valence-electron chi connectivity index (χ3n) is 2.01. The van der Waals surface area contributed by atoms with Gasteiger partial charge in [0.15, 0.2) is 5.58 Å². The summed E-state index contributed by atoms with van der Waals surface area (Å²) in [5.74, 6) is -1.04. The molecule has 0 spiro atoms. The molecule has 0 fully saturated rings. The van der Waals surface area contributed by atoms with Crippen LogP contribution in [-0.4, -0.2) is 23.0 Å². The number of ether oxygens (including phenoxy) is 1. The molecule has 17 heavy (non-hydrogen) atoms. The van der Waals surface area contributed by atoms with Crippen LogP contribution in [-0.2, 0) is 4.74 Å². The molecule has 0 saturated carbocycles. The van der Waals surface area contributed by atoms with Crippen molar-refractivity contribution in [1.82, 2.24) is 4.98 Å². The predicted octanol–water partition coefficient (Wildman–Crippen LogP) is 2.18. The van der Waals surface area contributed by atoms with Gasteiger partial charge in [0.2, 0.25) is 0 Å². The molecule has 0 saturated heterocycles. The smallest absolute Gasteiger partial charge is 0.394 e. The molecule has 0 N–H and O–H groups in total. The Morgan fingerprint density at radius 2 is 2.29 bits per heavy atom. The Morgan fingerprint density at radius 1 is 1.59 bits per heavy atom. The van der Waals surface area contributed by atoms with Gasteiger partial charge in [-0.15, -0.1) is 0 Å². The van der Waals surface area contributed by atoms with E-state index in [2.05, 4.69) is 9.72 Å². The van der Waals surface area contributed by atoms with E-state index in [0.29, 0.717) is 0 Å². The fourth-order valence-corrected chi connectivity index (χ4v) is 1.48. The molecular weight excluding hydrogens is 252 g/mol. The lowest BCUT2D eigenvalue weighted by Crippen LogP contribution is -2.00. The summed E-state index contributed by atoms with van der Waals surface area (Å²) in [6.07, 6.45) is 0. The highest BCUT2D eigenvalue weighted by molar-refractivity contribution is 6.33. The van der Waals surface area contributed by atoms with E-state index in [1.807, 2.05) is 0 Å². The van der Waals surface area contributed by atoms with Crippen LogP contribution in [0.1, 0.15) is 10.7 Å². The van der Waals surface area contributed by atoms with Gasteiger partial charge in [-0.3, -0.25) is 10.1 Å². The van der Waals surface area contributed by atoms with Crippen molar-refractivity contribution in [3.05, 3.63) is 33.2 Å². The topological polar surface area (TPSA) is 95.5 Å². The van der Waals surface area contributed by atoms with E-state index in [4.69, 9.17) is 16.0 Å². The van der Waals surface area contributed by atoms with Crippen molar-refractivity contribution in [2.75, 3.05) is 7.11 Å². The minimum Gasteiger partial charge on any atom is -0.462 e. The van der Waals surface area contributed by atoms with Gasteiger partial charge in [-0.2, -0.15) is 0 Å². The summed E-state index contributed by atoms with van der Waals surface area (Å²) in [5.41, 5.74) is 0.0363. The molecule has 1 aromatic carbocycles. The number of hydrogen-bond donors (Lipinski definition) is 0. The van der Waals surface area contributed by atoms with Crippen molar-refractivity contribution in [3.8, 4) is 0 Å². The molecule has 7 nitrogen and oxygen atoms in total. The number of oxazole rings is 1. The maximum atomic E-state index is 11.1. The van der Waals surface area contributed by atoms with Crippen molar-refractivity contribution in [2.24, 2.45) is 0 Å². The number of carbonyl (C=O) groups excluding carboxylic acids is 1. The van der Waals surface area contributed by atoms with Gasteiger partial charge in [0.1, 0.15) is 10.5 Å². The number of aromatic nitrogens is 1. The fraction of sp³-hybridized carbons (Fsp3) is 0.111. The quantitative estimate of drug-likeness (QED) is 0.464. The first-order valence-corrected chi connectivity index (χ1v) is 4.73. The fourth-order valence-electron chi connectivity index (χ4n) is 1.25. The first kappa shape index (κ1) is 11.3. The van der Waals surface area contributed by atoms with Crippen LogP contribution in [0.3, 0.4) is 0 Å². The maximum absolute atomic E-state index is 11.1. The second-order valence-electron chi connectivity index (χ2n) is 3.04. The lowest BCUT2D eigenvalue weighted by Gasteiger charge is -1.93. The van der Waals surface area contributed by atoms with Gasteiger partial charge >= 0.3 is 11.9 Å². The van der Waals surface area contributed by atoms with Gasteiger partial charge in [0, 0.05) is 0 Å². The van der Waals surface area contributed by atoms with Crippen LogP contribution in [0.2, 0.25) is 5.02 Å². The highest BCUT2D eigenvalue weighted by atomic mass is 35.5. The number of nitro benzene ring substituents is 1. The Balaban J connectivity index is 2.62. The van der Waals surface area contributed by atoms with E-state index in [0.717, 1.165) is 6.07 Å². The summed E-state index contributed by atoms with van der Waals surface area (Å²) in [4.78, 5) is 24.9. The molecule has 8 heteroatoms. The summed E-state index contributed by atoms with van der Waals surface area (Å²) < 4.78 is 9.43. The molecule has 0 aliphatic heterocycles. The van der Waals surface area contributed by atoms with E-state index in [-0.39, 0.29) is 27.7 Å². The maximum Gasteiger partial charge on any atom is 0.394 e. The van der Waals surface area contributed by atoms with Crippen molar-refractivity contribution in [3.63, 3.8) is 0 Å². The first-order valence-electron chi connectivity index (χ1n) is 4.35. The van der Waals surface area contributed by atoms with Gasteiger partial charge < -0.3 is 9.15 Å². The molecule has 0 atom stereocenters. The number of esters is 1. The number of fused-ring (bicyclic) bond motifs is 1. The Labute approximate surface area is 99.1 Å². The van der Waals surface area contributed by atoms with E-state index in [1.54, 1.807) is 0 Å². The summed E-state index contributed by atoms with van der Waals surface area (Å²) in [7, 11) is 1.17. The third kappa shape index (κ3) is 1.92. The molecule has 88 valence electrons. The second kappa shape index (κ2) is 4.02. The molecule has 0 bridgehead atoms. The van der Waals surface area contributed by atoms with Crippen LogP contribution < -0.4 is 0 Å². The van der Waals surface area contributed by atoms with Gasteiger partial charge in [-0.25, -0.2) is 9.78 Å². The number of nitrogens with zero attached hydrogens (tertiary/aromatic N) is 2. The highest BCUT2D eigenvalue weighted by Crippen LogP contribution is 2.30. The monoisotopic (exact) mass is 256 g/mol. The Hall–Kier alpha value is -2.15. The van der Waals surface area contributed by atoms with Gasteiger partial charge in [0.25, 0.3) is 5.69 Å². The third-order valence-corrected chi connectivity index (χ3v) is 2.32. The van der Waals surface area contributed by atoms with Gasteiger partial charge in [-0.05, 0) is 6.07 Å². The summed E-state index contributed by atoms with van der Waals surface area (Å²) in [5, 5.41) is 10.6. The van der Waals surface area contributed by atoms with Crippen LogP contribution >= 0.6 is 11.6 Å². The number of hydrogen-bond acceptors (Lipinski definition) is 6. The van der Waals surface area contributed by atoms with Crippen LogP contribution in [0, 0.1) is 10.1 Å². The molecule has 1 heterocycles. The van der Waals surface area contributed by atoms with E-state index < -0.39 is 10.9 Å². The number of rotatable bonds is 2. The van der Waals surface area contributed by atoms with Gasteiger partial charge in [-0.1, -0.05) is 11.6 Å². The standard InChI is InChI=1S/C9H5ClN2O5/c1-16-9(13)8-11-5-2-4(10)6(12(14)15)3-7(5)17-8/h2-3H,1H3. The minimum absolute atomic E-state index is 0.0767. The Morgan fingerprint density at radius 3 is 2.88 bits per heavy atom. The average molecular weight is 257 g/mol. The zero-order chi connectivity index (χ0) is 12.6. The zero-order valence-corrected chi connectivity index (χ0v) is 9.22. The first-order chi connectivity index (χ1) is 8.02. The molecule has 0 radical (unpaired) electrons. The SMILES string of the molecule is COC(=O)c1nc2cc(Cl)c([N+](=O)[O-])cc2o1. The Bertz CT molecular complexity index is 621. The molecule has 0 unspecified atom stereocenters. The number of methoxy groups -OCH3 is 1. The number of halogens is 1. The number of benzene rings is 1. The normalized spacial score (nSPS) is 10.5. The second-order valence-corrected chi connectivity index (χ2v) is 3.45. The summed E-state index contributed by atoms with van der Waals surface area (Å²) in [6, 6.07) is 2.36. The molecular formula is C9H5ClN2O5. The van der Waals surface area contributed by atoms with Crippen molar-refractivity contribution < 1.29 is 18.9 Å². The molecule has 0 aliphatic rings. The van der Waals surface area contributed by atoms with Crippen LogP contribution in [0.4, 0.5) is 5.69 Å². The molecule has 2 aromatic rings. The molecule has 0 amide bonds. The molecule has 2 rings (SSSR count). The van der Waals surface area contributed by atoms with Crippen molar-refractivity contribution in [2.45, 2.75) is 0 Å². The average Bonchev–Trinajstić information content (AvgIpc) is 2.69. The molecule has 1 aromatic heterocycles. The van der Waals surface area contributed by atoms with Crippen LogP contribution in [0.5, 0.6) is 0 Å². The van der Waals surface area contributed by atoms with Crippen molar-refractivity contribution in [1.29, 1.82) is 0 Å². The van der Waals surface area contributed by atoms with Crippen LogP contribution in [0.25, 0.3) is 11.1 Å². The largest absolute Gasteiger partial charge is 0.462 e. The van der Waals surface area contributed by atoms with Crippen molar-refractivity contribution >= 4 is 34.4 Å². The lowest BCUT2D eigenvalue weighted by molar-refractivity contribution is -0.384.